The summed E-state index contributed by atoms with van der Waals surface area (Å²) in [5, 5.41) is 0. The number of thioether (sulfide) groups is 1. The van der Waals surface area contributed by atoms with Crippen molar-refractivity contribution in [3.8, 4) is 0 Å². The number of hydrogen-bond acceptors (Lipinski definition) is 5. The number of hydrogen-bond donors (Lipinski definition) is 3. The standard InChI is InChI=1S/C11H19N3OS2/c1-7-8(5-16-6-11(2,3)12)4-9(17-7)10(15)14-13/h4H,5-6,12-13H2,1-3H3,(H,14,15). The first-order valence-corrected chi connectivity index (χ1v) is 7.27. The molecule has 0 radical (unpaired) electrons. The quantitative estimate of drug-likeness (QED) is 0.433. The van der Waals surface area contributed by atoms with Crippen LogP contribution < -0.4 is 17.0 Å². The third-order valence-electron chi connectivity index (χ3n) is 2.11. The van der Waals surface area contributed by atoms with Gasteiger partial charge in [0, 0.05) is 21.9 Å². The van der Waals surface area contributed by atoms with Gasteiger partial charge in [-0.3, -0.25) is 10.2 Å². The van der Waals surface area contributed by atoms with Gasteiger partial charge in [-0.15, -0.1) is 11.3 Å². The van der Waals surface area contributed by atoms with Crippen molar-refractivity contribution in [1.29, 1.82) is 0 Å². The van der Waals surface area contributed by atoms with E-state index in [0.717, 1.165) is 16.4 Å². The van der Waals surface area contributed by atoms with E-state index < -0.39 is 0 Å². The lowest BCUT2D eigenvalue weighted by Crippen LogP contribution is -2.34. The van der Waals surface area contributed by atoms with Crippen LogP contribution in [0.2, 0.25) is 0 Å². The van der Waals surface area contributed by atoms with Gasteiger partial charge >= 0.3 is 0 Å². The molecule has 0 aliphatic heterocycles. The second-order valence-electron chi connectivity index (χ2n) is 4.65. The van der Waals surface area contributed by atoms with E-state index in [2.05, 4.69) is 5.43 Å². The van der Waals surface area contributed by atoms with E-state index in [9.17, 15) is 4.79 Å². The number of aryl methyl sites for hydroxylation is 1. The maximum atomic E-state index is 11.4. The highest BCUT2D eigenvalue weighted by atomic mass is 32.2. The molecular weight excluding hydrogens is 254 g/mol. The van der Waals surface area contributed by atoms with Gasteiger partial charge in [0.2, 0.25) is 0 Å². The molecule has 1 rings (SSSR count). The predicted octanol–water partition coefficient (Wildman–Crippen LogP) is 1.63. The predicted molar refractivity (Wildman–Crippen MR) is 75.1 cm³/mol. The summed E-state index contributed by atoms with van der Waals surface area (Å²) >= 11 is 3.25. The van der Waals surface area contributed by atoms with Crippen molar-refractivity contribution in [3.63, 3.8) is 0 Å². The van der Waals surface area contributed by atoms with Crippen LogP contribution >= 0.6 is 23.1 Å². The van der Waals surface area contributed by atoms with Crippen LogP contribution in [0.3, 0.4) is 0 Å². The molecule has 1 aromatic rings. The van der Waals surface area contributed by atoms with Crippen molar-refractivity contribution >= 4 is 29.0 Å². The molecule has 0 saturated carbocycles. The molecule has 1 heterocycles. The number of thiophene rings is 1. The van der Waals surface area contributed by atoms with Crippen LogP contribution in [0.15, 0.2) is 6.07 Å². The van der Waals surface area contributed by atoms with Gasteiger partial charge in [-0.2, -0.15) is 11.8 Å². The highest BCUT2D eigenvalue weighted by Crippen LogP contribution is 2.26. The maximum absolute atomic E-state index is 11.4. The van der Waals surface area contributed by atoms with Gasteiger partial charge in [-0.25, -0.2) is 5.84 Å². The molecule has 1 amide bonds. The van der Waals surface area contributed by atoms with Crippen molar-refractivity contribution in [2.75, 3.05) is 5.75 Å². The second-order valence-corrected chi connectivity index (χ2v) is 6.89. The fourth-order valence-corrected chi connectivity index (χ4v) is 3.45. The third-order valence-corrected chi connectivity index (χ3v) is 4.66. The van der Waals surface area contributed by atoms with Crippen molar-refractivity contribution in [1.82, 2.24) is 5.43 Å². The molecule has 0 spiro atoms. The van der Waals surface area contributed by atoms with Crippen LogP contribution in [0, 0.1) is 6.92 Å². The Labute approximate surface area is 110 Å². The molecule has 0 bridgehead atoms. The van der Waals surface area contributed by atoms with Crippen molar-refractivity contribution in [2.45, 2.75) is 32.1 Å². The Balaban J connectivity index is 2.60. The number of carbonyl (C=O) groups excluding carboxylic acids is 1. The maximum Gasteiger partial charge on any atom is 0.275 e. The summed E-state index contributed by atoms with van der Waals surface area (Å²) < 4.78 is 0. The van der Waals surface area contributed by atoms with Crippen LogP contribution in [-0.2, 0) is 5.75 Å². The lowest BCUT2D eigenvalue weighted by molar-refractivity contribution is 0.0957. The first-order valence-electron chi connectivity index (χ1n) is 5.30. The summed E-state index contributed by atoms with van der Waals surface area (Å²) in [4.78, 5) is 13.2. The zero-order valence-corrected chi connectivity index (χ0v) is 12.0. The Morgan fingerprint density at radius 2 is 2.24 bits per heavy atom. The van der Waals surface area contributed by atoms with Gasteiger partial charge < -0.3 is 5.73 Å². The Morgan fingerprint density at radius 1 is 1.59 bits per heavy atom. The van der Waals surface area contributed by atoms with Gasteiger partial charge in [-0.05, 0) is 32.4 Å². The van der Waals surface area contributed by atoms with Crippen molar-refractivity contribution in [2.24, 2.45) is 11.6 Å². The molecule has 0 fully saturated rings. The number of hydrazine groups is 1. The summed E-state index contributed by atoms with van der Waals surface area (Å²) in [5.74, 6) is 6.64. The fraction of sp³-hybridized carbons (Fsp3) is 0.545. The highest BCUT2D eigenvalue weighted by Gasteiger charge is 2.14. The third kappa shape index (κ3) is 4.67. The fourth-order valence-electron chi connectivity index (χ4n) is 1.27. The molecule has 17 heavy (non-hydrogen) atoms. The minimum Gasteiger partial charge on any atom is -0.325 e. The lowest BCUT2D eigenvalue weighted by Gasteiger charge is -2.17. The Hall–Kier alpha value is -0.560. The zero-order valence-electron chi connectivity index (χ0n) is 10.4. The van der Waals surface area contributed by atoms with Crippen molar-refractivity contribution < 1.29 is 4.79 Å². The van der Waals surface area contributed by atoms with Crippen molar-refractivity contribution in [3.05, 3.63) is 21.4 Å². The topological polar surface area (TPSA) is 81.1 Å². The molecule has 6 heteroatoms. The smallest absolute Gasteiger partial charge is 0.275 e. The second kappa shape index (κ2) is 5.86. The molecule has 0 saturated heterocycles. The van der Waals surface area contributed by atoms with E-state index in [1.807, 2.05) is 26.8 Å². The summed E-state index contributed by atoms with van der Waals surface area (Å²) in [5.41, 5.74) is 9.08. The molecule has 0 atom stereocenters. The molecule has 0 unspecified atom stereocenters. The number of carbonyl (C=O) groups is 1. The normalized spacial score (nSPS) is 11.6. The number of nitrogens with one attached hydrogen (secondary N) is 1. The molecule has 0 aliphatic rings. The van der Waals surface area contributed by atoms with Gasteiger partial charge in [0.05, 0.1) is 4.88 Å². The Kier molecular flexibility index (Phi) is 5.00. The molecule has 0 aliphatic carbocycles. The minimum atomic E-state index is -0.228. The molecule has 5 N–H and O–H groups in total. The number of nitrogen functional groups attached to an aromatic ring is 1. The minimum absolute atomic E-state index is 0.161. The van der Waals surface area contributed by atoms with Gasteiger partial charge in [-0.1, -0.05) is 0 Å². The van der Waals surface area contributed by atoms with E-state index in [4.69, 9.17) is 11.6 Å². The van der Waals surface area contributed by atoms with Gasteiger partial charge in [0.25, 0.3) is 5.91 Å². The molecule has 96 valence electrons. The van der Waals surface area contributed by atoms with Gasteiger partial charge in [0.15, 0.2) is 0 Å². The molecular formula is C11H19N3OS2. The highest BCUT2D eigenvalue weighted by molar-refractivity contribution is 7.98. The summed E-state index contributed by atoms with van der Waals surface area (Å²) in [6.45, 7) is 6.03. The van der Waals surface area contributed by atoms with E-state index in [0.29, 0.717) is 4.88 Å². The number of nitrogens with two attached hydrogens (primary N) is 2. The Bertz CT molecular complexity index is 396. The average Bonchev–Trinajstić information content (AvgIpc) is 2.57. The van der Waals surface area contributed by atoms with E-state index in [1.165, 1.54) is 16.9 Å². The zero-order chi connectivity index (χ0) is 13.1. The monoisotopic (exact) mass is 273 g/mol. The largest absolute Gasteiger partial charge is 0.325 e. The SMILES string of the molecule is Cc1sc(C(=O)NN)cc1CSCC(C)(C)N. The lowest BCUT2D eigenvalue weighted by atomic mass is 10.1. The molecule has 1 aromatic heterocycles. The number of amides is 1. The van der Waals surface area contributed by atoms with E-state index in [1.54, 1.807) is 11.8 Å². The summed E-state index contributed by atoms with van der Waals surface area (Å²) in [6.07, 6.45) is 0. The summed E-state index contributed by atoms with van der Waals surface area (Å²) in [6, 6.07) is 1.90. The van der Waals surface area contributed by atoms with Crippen LogP contribution in [-0.4, -0.2) is 17.2 Å². The first-order chi connectivity index (χ1) is 7.83. The average molecular weight is 273 g/mol. The number of rotatable bonds is 5. The van der Waals surface area contributed by atoms with Crippen LogP contribution in [0.4, 0.5) is 0 Å². The molecule has 0 aromatic carbocycles. The van der Waals surface area contributed by atoms with Crippen LogP contribution in [0.5, 0.6) is 0 Å². The molecule has 4 nitrogen and oxygen atoms in total. The van der Waals surface area contributed by atoms with Crippen LogP contribution in [0.25, 0.3) is 0 Å². The van der Waals surface area contributed by atoms with E-state index >= 15 is 0 Å². The van der Waals surface area contributed by atoms with E-state index in [-0.39, 0.29) is 11.4 Å². The van der Waals surface area contributed by atoms with Crippen LogP contribution in [0.1, 0.15) is 34.0 Å². The Morgan fingerprint density at radius 3 is 2.76 bits per heavy atom. The van der Waals surface area contributed by atoms with Gasteiger partial charge in [0.1, 0.15) is 0 Å². The first kappa shape index (κ1) is 14.5. The summed E-state index contributed by atoms with van der Waals surface area (Å²) in [7, 11) is 0.